The highest BCUT2D eigenvalue weighted by Crippen LogP contribution is 2.21. The molecule has 0 unspecified atom stereocenters. The van der Waals surface area contributed by atoms with Crippen LogP contribution in [0.4, 0.5) is 0 Å². The minimum absolute atomic E-state index is 0.455. The Balaban J connectivity index is 1.66. The van der Waals surface area contributed by atoms with Gasteiger partial charge in [0.2, 0.25) is 0 Å². The van der Waals surface area contributed by atoms with Gasteiger partial charge in [-0.15, -0.1) is 0 Å². The fourth-order valence-corrected chi connectivity index (χ4v) is 3.99. The zero-order valence-corrected chi connectivity index (χ0v) is 18.3. The number of likely N-dealkylation sites (N-methyl/N-ethyl adjacent to an activating group) is 2. The molecule has 1 saturated heterocycles. The lowest BCUT2D eigenvalue weighted by Gasteiger charge is -2.33. The molecule has 28 heavy (non-hydrogen) atoms. The largest absolute Gasteiger partial charge is 0.304 e. The third-order valence-corrected chi connectivity index (χ3v) is 6.16. The van der Waals surface area contributed by atoms with Crippen molar-refractivity contribution in [1.82, 2.24) is 19.7 Å². The lowest BCUT2D eigenvalue weighted by molar-refractivity contribution is 0.148. The summed E-state index contributed by atoms with van der Waals surface area (Å²) in [4.78, 5) is 12.0. The summed E-state index contributed by atoms with van der Waals surface area (Å²) in [5.74, 6) is 0. The van der Waals surface area contributed by atoms with Crippen molar-refractivity contribution in [2.24, 2.45) is 0 Å². The molecule has 0 aliphatic carbocycles. The molecule has 0 amide bonds. The number of piperazine rings is 1. The highest BCUT2D eigenvalue weighted by molar-refractivity contribution is 5.38. The van der Waals surface area contributed by atoms with E-state index in [4.69, 9.17) is 0 Å². The van der Waals surface area contributed by atoms with Crippen molar-refractivity contribution < 1.29 is 0 Å². The monoisotopic (exact) mass is 380 g/mol. The van der Waals surface area contributed by atoms with Crippen molar-refractivity contribution in [2.75, 3.05) is 40.3 Å². The minimum Gasteiger partial charge on any atom is -0.304 e. The summed E-state index contributed by atoms with van der Waals surface area (Å²) in [6, 6.07) is 11.4. The van der Waals surface area contributed by atoms with Crippen LogP contribution in [0.25, 0.3) is 0 Å². The van der Waals surface area contributed by atoms with Gasteiger partial charge in [0.25, 0.3) is 0 Å². The first-order chi connectivity index (χ1) is 13.4. The third-order valence-electron chi connectivity index (χ3n) is 6.16. The molecule has 0 bridgehead atoms. The molecule has 1 aromatic heterocycles. The van der Waals surface area contributed by atoms with Crippen LogP contribution in [0.15, 0.2) is 36.5 Å². The van der Waals surface area contributed by atoms with E-state index in [0.29, 0.717) is 6.04 Å². The van der Waals surface area contributed by atoms with Crippen LogP contribution in [-0.2, 0) is 19.5 Å². The van der Waals surface area contributed by atoms with Gasteiger partial charge in [0.1, 0.15) is 0 Å². The highest BCUT2D eigenvalue weighted by atomic mass is 15.2. The molecule has 4 heteroatoms. The van der Waals surface area contributed by atoms with Crippen molar-refractivity contribution in [3.05, 3.63) is 64.5 Å². The number of aryl methyl sites for hydroxylation is 1. The molecule has 2 aromatic rings. The first kappa shape index (κ1) is 21.0. The van der Waals surface area contributed by atoms with Crippen molar-refractivity contribution in [3.63, 3.8) is 0 Å². The van der Waals surface area contributed by atoms with E-state index in [1.807, 2.05) is 12.3 Å². The van der Waals surface area contributed by atoms with Gasteiger partial charge >= 0.3 is 0 Å². The van der Waals surface area contributed by atoms with E-state index in [1.165, 1.54) is 54.1 Å². The van der Waals surface area contributed by atoms with E-state index in [-0.39, 0.29) is 0 Å². The molecule has 1 aromatic carbocycles. The average molecular weight is 381 g/mol. The van der Waals surface area contributed by atoms with Crippen LogP contribution < -0.4 is 0 Å². The first-order valence-corrected chi connectivity index (χ1v) is 10.5. The molecule has 1 atom stereocenters. The number of benzene rings is 1. The number of pyridine rings is 1. The van der Waals surface area contributed by atoms with Crippen LogP contribution in [0.5, 0.6) is 0 Å². The quantitative estimate of drug-likeness (QED) is 0.733. The number of hydrogen-bond acceptors (Lipinski definition) is 4. The second-order valence-corrected chi connectivity index (χ2v) is 8.58. The van der Waals surface area contributed by atoms with E-state index in [9.17, 15) is 0 Å². The summed E-state index contributed by atoms with van der Waals surface area (Å²) in [5.41, 5.74) is 6.94. The fourth-order valence-electron chi connectivity index (χ4n) is 3.99. The number of nitrogens with zero attached hydrogens (tertiary/aromatic N) is 4. The van der Waals surface area contributed by atoms with Gasteiger partial charge in [0, 0.05) is 63.6 Å². The SMILES string of the molecule is Cc1cc(CN2CCN(C)CC2)c(C)c(CN(C)[C@H](C)Cc2ccccn2)c1. The predicted octanol–water partition coefficient (Wildman–Crippen LogP) is 3.51. The van der Waals surface area contributed by atoms with Gasteiger partial charge in [0.15, 0.2) is 0 Å². The minimum atomic E-state index is 0.455. The maximum Gasteiger partial charge on any atom is 0.0419 e. The van der Waals surface area contributed by atoms with Crippen LogP contribution >= 0.6 is 0 Å². The molecule has 3 rings (SSSR count). The Bertz CT molecular complexity index is 751. The lowest BCUT2D eigenvalue weighted by Crippen LogP contribution is -2.44. The molecule has 1 fully saturated rings. The highest BCUT2D eigenvalue weighted by Gasteiger charge is 2.17. The molecule has 152 valence electrons. The number of rotatable bonds is 7. The van der Waals surface area contributed by atoms with Gasteiger partial charge in [0.05, 0.1) is 0 Å². The van der Waals surface area contributed by atoms with Gasteiger partial charge in [-0.25, -0.2) is 0 Å². The Labute approximate surface area is 171 Å². The first-order valence-electron chi connectivity index (χ1n) is 10.5. The molecular formula is C24H36N4. The second-order valence-electron chi connectivity index (χ2n) is 8.58. The summed E-state index contributed by atoms with van der Waals surface area (Å²) in [6.07, 6.45) is 2.87. The topological polar surface area (TPSA) is 22.6 Å². The normalized spacial score (nSPS) is 17.2. The van der Waals surface area contributed by atoms with Gasteiger partial charge in [-0.05, 0) is 63.7 Å². The van der Waals surface area contributed by atoms with E-state index < -0.39 is 0 Å². The summed E-state index contributed by atoms with van der Waals surface area (Å²) in [5, 5.41) is 0. The smallest absolute Gasteiger partial charge is 0.0419 e. The summed E-state index contributed by atoms with van der Waals surface area (Å²) < 4.78 is 0. The summed E-state index contributed by atoms with van der Waals surface area (Å²) >= 11 is 0. The van der Waals surface area contributed by atoms with E-state index in [2.05, 4.69) is 78.8 Å². The Kier molecular flexibility index (Phi) is 7.22. The molecule has 2 heterocycles. The number of aromatic nitrogens is 1. The third kappa shape index (κ3) is 5.63. The molecule has 1 aliphatic rings. The van der Waals surface area contributed by atoms with E-state index >= 15 is 0 Å². The van der Waals surface area contributed by atoms with E-state index in [0.717, 1.165) is 19.5 Å². The maximum atomic E-state index is 4.49. The average Bonchev–Trinajstić information content (AvgIpc) is 2.68. The van der Waals surface area contributed by atoms with Crippen LogP contribution in [0.2, 0.25) is 0 Å². The Hall–Kier alpha value is -1.75. The molecule has 1 aliphatic heterocycles. The second kappa shape index (κ2) is 9.64. The van der Waals surface area contributed by atoms with Crippen LogP contribution in [0.1, 0.15) is 34.9 Å². The van der Waals surface area contributed by atoms with Crippen molar-refractivity contribution >= 4 is 0 Å². The lowest BCUT2D eigenvalue weighted by atomic mass is 9.97. The summed E-state index contributed by atoms with van der Waals surface area (Å²) in [7, 11) is 4.45. The Morgan fingerprint density at radius 1 is 1.07 bits per heavy atom. The zero-order valence-electron chi connectivity index (χ0n) is 18.3. The molecule has 0 saturated carbocycles. The van der Waals surface area contributed by atoms with Crippen molar-refractivity contribution in [1.29, 1.82) is 0 Å². The van der Waals surface area contributed by atoms with Gasteiger partial charge < -0.3 is 4.90 Å². The van der Waals surface area contributed by atoms with Gasteiger partial charge in [-0.2, -0.15) is 0 Å². The molecule has 4 nitrogen and oxygen atoms in total. The van der Waals surface area contributed by atoms with Gasteiger partial charge in [-0.1, -0.05) is 23.8 Å². The molecule has 0 radical (unpaired) electrons. The molecule has 0 N–H and O–H groups in total. The standard InChI is InChI=1S/C24H36N4/c1-19-14-22(17-27(5)20(2)16-24-8-6-7-9-25-24)21(3)23(15-19)18-28-12-10-26(4)11-13-28/h6-9,14-15,20H,10-13,16-18H2,1-5H3/t20-/m1/s1. The molecular weight excluding hydrogens is 344 g/mol. The predicted molar refractivity (Wildman–Crippen MR) is 118 cm³/mol. The summed E-state index contributed by atoms with van der Waals surface area (Å²) in [6.45, 7) is 13.6. The van der Waals surface area contributed by atoms with Crippen molar-refractivity contribution in [2.45, 2.75) is 46.3 Å². The fraction of sp³-hybridized carbons (Fsp3) is 0.542. The van der Waals surface area contributed by atoms with Crippen LogP contribution in [0.3, 0.4) is 0 Å². The van der Waals surface area contributed by atoms with Crippen LogP contribution in [0, 0.1) is 13.8 Å². The van der Waals surface area contributed by atoms with Crippen LogP contribution in [-0.4, -0.2) is 66.0 Å². The zero-order chi connectivity index (χ0) is 20.1. The Morgan fingerprint density at radius 2 is 1.79 bits per heavy atom. The maximum absolute atomic E-state index is 4.49. The number of hydrogen-bond donors (Lipinski definition) is 0. The van der Waals surface area contributed by atoms with Gasteiger partial charge in [-0.3, -0.25) is 14.8 Å². The van der Waals surface area contributed by atoms with E-state index in [1.54, 1.807) is 0 Å². The Morgan fingerprint density at radius 3 is 2.46 bits per heavy atom. The van der Waals surface area contributed by atoms with Crippen molar-refractivity contribution in [3.8, 4) is 0 Å². The molecule has 0 spiro atoms.